The maximum atomic E-state index is 15.1. The van der Waals surface area contributed by atoms with Crippen molar-refractivity contribution in [1.82, 2.24) is 0 Å². The maximum absolute atomic E-state index is 15.1. The molecule has 0 N–H and O–H groups in total. The van der Waals surface area contributed by atoms with Crippen LogP contribution >= 0.6 is 0 Å². The Hall–Kier alpha value is -3.03. The summed E-state index contributed by atoms with van der Waals surface area (Å²) in [5.41, 5.74) is 2.13. The number of benzene rings is 3. The van der Waals surface area contributed by atoms with Gasteiger partial charge in [0, 0.05) is 11.1 Å². The Kier molecular flexibility index (Phi) is 5.65. The quantitative estimate of drug-likeness (QED) is 0.371. The van der Waals surface area contributed by atoms with Gasteiger partial charge in [-0.25, -0.2) is 17.6 Å². The molecule has 0 spiro atoms. The molecule has 0 heterocycles. The molecule has 4 rings (SSSR count). The number of fused-ring (bicyclic) bond motifs is 3. The van der Waals surface area contributed by atoms with Crippen molar-refractivity contribution >= 4 is 0 Å². The van der Waals surface area contributed by atoms with Gasteiger partial charge >= 0.3 is 6.36 Å². The summed E-state index contributed by atoms with van der Waals surface area (Å²) in [7, 11) is 0. The summed E-state index contributed by atoms with van der Waals surface area (Å²) in [6, 6.07) is 6.99. The van der Waals surface area contributed by atoms with E-state index >= 15 is 4.39 Å². The van der Waals surface area contributed by atoms with Gasteiger partial charge in [-0.05, 0) is 71.3 Å². The van der Waals surface area contributed by atoms with Gasteiger partial charge in [0.2, 0.25) is 5.75 Å². The molecule has 0 aliphatic heterocycles. The van der Waals surface area contributed by atoms with Crippen molar-refractivity contribution in [1.29, 1.82) is 0 Å². The van der Waals surface area contributed by atoms with Gasteiger partial charge < -0.3 is 4.74 Å². The SMILES string of the molecule is CCCc1cc(F)c2c(c1)CCc1cc(-c3cc(F)c(OC(F)(F)F)c(F)c3)cc(F)c1-2. The predicted molar refractivity (Wildman–Crippen MR) is 105 cm³/mol. The van der Waals surface area contributed by atoms with Crippen LogP contribution in [-0.2, 0) is 19.3 Å². The molecule has 1 nitrogen and oxygen atoms in total. The molecule has 168 valence electrons. The Bertz CT molecular complexity index is 1170. The second kappa shape index (κ2) is 8.15. The number of aryl methyl sites for hydroxylation is 3. The average Bonchev–Trinajstić information content (AvgIpc) is 2.69. The maximum Gasteiger partial charge on any atom is 0.573 e. The van der Waals surface area contributed by atoms with Crippen LogP contribution < -0.4 is 4.74 Å². The molecule has 32 heavy (non-hydrogen) atoms. The fraction of sp³-hybridized carbons (Fsp3) is 0.250. The first kappa shape index (κ1) is 22.2. The van der Waals surface area contributed by atoms with Crippen LogP contribution in [0.15, 0.2) is 36.4 Å². The molecule has 0 radical (unpaired) electrons. The number of ether oxygens (including phenoxy) is 1. The van der Waals surface area contributed by atoms with Crippen LogP contribution in [0.4, 0.5) is 30.7 Å². The van der Waals surface area contributed by atoms with Gasteiger partial charge in [0.1, 0.15) is 11.6 Å². The average molecular weight is 454 g/mol. The van der Waals surface area contributed by atoms with Gasteiger partial charge in [0.05, 0.1) is 0 Å². The second-order valence-corrected chi connectivity index (χ2v) is 7.67. The summed E-state index contributed by atoms with van der Waals surface area (Å²) in [6.07, 6.45) is -2.89. The summed E-state index contributed by atoms with van der Waals surface area (Å²) < 4.78 is 98.6. The summed E-state index contributed by atoms with van der Waals surface area (Å²) >= 11 is 0. The van der Waals surface area contributed by atoms with Crippen LogP contribution in [0.25, 0.3) is 22.3 Å². The summed E-state index contributed by atoms with van der Waals surface area (Å²) in [4.78, 5) is 0. The molecule has 0 atom stereocenters. The molecule has 0 amide bonds. The molecule has 0 fully saturated rings. The van der Waals surface area contributed by atoms with E-state index in [0.29, 0.717) is 42.5 Å². The normalized spacial score (nSPS) is 13.0. The van der Waals surface area contributed by atoms with Gasteiger partial charge in [0.15, 0.2) is 11.6 Å². The van der Waals surface area contributed by atoms with Gasteiger partial charge in [0.25, 0.3) is 0 Å². The second-order valence-electron chi connectivity index (χ2n) is 7.67. The van der Waals surface area contributed by atoms with E-state index in [-0.39, 0.29) is 22.3 Å². The van der Waals surface area contributed by atoms with E-state index in [4.69, 9.17) is 0 Å². The van der Waals surface area contributed by atoms with Crippen LogP contribution in [0, 0.1) is 23.3 Å². The monoisotopic (exact) mass is 454 g/mol. The fourth-order valence-corrected chi connectivity index (χ4v) is 4.15. The van der Waals surface area contributed by atoms with E-state index in [1.807, 2.05) is 13.0 Å². The third-order valence-electron chi connectivity index (χ3n) is 5.41. The van der Waals surface area contributed by atoms with Crippen molar-refractivity contribution in [3.05, 3.63) is 76.4 Å². The van der Waals surface area contributed by atoms with Crippen molar-refractivity contribution in [2.45, 2.75) is 39.0 Å². The highest BCUT2D eigenvalue weighted by molar-refractivity contribution is 5.78. The van der Waals surface area contributed by atoms with Crippen LogP contribution in [0.5, 0.6) is 5.75 Å². The Morgan fingerprint density at radius 2 is 1.22 bits per heavy atom. The first-order chi connectivity index (χ1) is 15.1. The lowest BCUT2D eigenvalue weighted by Gasteiger charge is -2.23. The Morgan fingerprint density at radius 1 is 0.719 bits per heavy atom. The summed E-state index contributed by atoms with van der Waals surface area (Å²) in [6.45, 7) is 1.97. The third-order valence-corrected chi connectivity index (χ3v) is 5.41. The van der Waals surface area contributed by atoms with Crippen molar-refractivity contribution in [3.63, 3.8) is 0 Å². The lowest BCUT2D eigenvalue weighted by atomic mass is 9.82. The van der Waals surface area contributed by atoms with Gasteiger partial charge in [-0.1, -0.05) is 25.5 Å². The molecule has 1 aliphatic rings. The number of halogens is 7. The highest BCUT2D eigenvalue weighted by Crippen LogP contribution is 2.41. The fourth-order valence-electron chi connectivity index (χ4n) is 4.15. The standard InChI is InChI=1S/C24H17F7O/c1-2-3-12-6-13-4-5-14-8-15(9-18(26)22(14)21(13)17(25)7-12)16-10-19(27)23(20(28)11-16)32-24(29,30)31/h6-11H,2-5H2,1H3. The van der Waals surface area contributed by atoms with E-state index < -0.39 is 35.4 Å². The minimum Gasteiger partial charge on any atom is -0.399 e. The minimum atomic E-state index is -5.27. The highest BCUT2D eigenvalue weighted by atomic mass is 19.4. The number of rotatable bonds is 4. The van der Waals surface area contributed by atoms with E-state index in [0.717, 1.165) is 18.1 Å². The lowest BCUT2D eigenvalue weighted by Crippen LogP contribution is -2.19. The molecule has 3 aromatic carbocycles. The first-order valence-corrected chi connectivity index (χ1v) is 9.96. The summed E-state index contributed by atoms with van der Waals surface area (Å²) in [5, 5.41) is 0. The number of hydrogen-bond donors (Lipinski definition) is 0. The predicted octanol–water partition coefficient (Wildman–Crippen LogP) is 7.53. The first-order valence-electron chi connectivity index (χ1n) is 9.96. The molecule has 1 aliphatic carbocycles. The van der Waals surface area contributed by atoms with Crippen LogP contribution in [-0.4, -0.2) is 6.36 Å². The Balaban J connectivity index is 1.78. The molecule has 0 bridgehead atoms. The zero-order valence-corrected chi connectivity index (χ0v) is 16.8. The van der Waals surface area contributed by atoms with E-state index in [1.165, 1.54) is 12.1 Å². The molecule has 0 aromatic heterocycles. The van der Waals surface area contributed by atoms with Crippen LogP contribution in [0.1, 0.15) is 30.0 Å². The Morgan fingerprint density at radius 3 is 1.78 bits per heavy atom. The van der Waals surface area contributed by atoms with E-state index in [9.17, 15) is 26.3 Å². The van der Waals surface area contributed by atoms with Gasteiger partial charge in [-0.3, -0.25) is 0 Å². The van der Waals surface area contributed by atoms with Gasteiger partial charge in [-0.2, -0.15) is 0 Å². The number of alkyl halides is 3. The molecule has 0 saturated carbocycles. The molecular formula is C24H17F7O. The molecule has 0 saturated heterocycles. The number of hydrogen-bond acceptors (Lipinski definition) is 1. The molecule has 3 aromatic rings. The van der Waals surface area contributed by atoms with E-state index in [2.05, 4.69) is 4.74 Å². The zero-order chi connectivity index (χ0) is 23.2. The third kappa shape index (κ3) is 4.18. The largest absolute Gasteiger partial charge is 0.573 e. The van der Waals surface area contributed by atoms with Crippen LogP contribution in [0.2, 0.25) is 0 Å². The van der Waals surface area contributed by atoms with Gasteiger partial charge in [-0.15, -0.1) is 13.2 Å². The molecular weight excluding hydrogens is 437 g/mol. The minimum absolute atomic E-state index is 0.0593. The lowest BCUT2D eigenvalue weighted by molar-refractivity contribution is -0.276. The smallest absolute Gasteiger partial charge is 0.399 e. The van der Waals surface area contributed by atoms with Crippen LogP contribution in [0.3, 0.4) is 0 Å². The van der Waals surface area contributed by atoms with Crippen molar-refractivity contribution in [3.8, 4) is 28.0 Å². The topological polar surface area (TPSA) is 9.23 Å². The summed E-state index contributed by atoms with van der Waals surface area (Å²) in [5.74, 6) is -6.05. The van der Waals surface area contributed by atoms with Crippen molar-refractivity contribution in [2.24, 2.45) is 0 Å². The molecule has 0 unspecified atom stereocenters. The van der Waals surface area contributed by atoms with Crippen molar-refractivity contribution < 1.29 is 35.5 Å². The molecule has 8 heteroatoms. The zero-order valence-electron chi connectivity index (χ0n) is 16.8. The Labute approximate surface area is 179 Å². The van der Waals surface area contributed by atoms with Crippen molar-refractivity contribution in [2.75, 3.05) is 0 Å². The highest BCUT2D eigenvalue weighted by Gasteiger charge is 2.34. The van der Waals surface area contributed by atoms with E-state index in [1.54, 1.807) is 0 Å².